The molecule has 1 fully saturated rings. The summed E-state index contributed by atoms with van der Waals surface area (Å²) in [6.07, 6.45) is 7.33. The molecule has 0 unspecified atom stereocenters. The summed E-state index contributed by atoms with van der Waals surface area (Å²) in [4.78, 5) is 11.6. The molecule has 0 heterocycles. The van der Waals surface area contributed by atoms with Gasteiger partial charge in [0.2, 0.25) is 0 Å². The van der Waals surface area contributed by atoms with E-state index in [1.807, 2.05) is 6.08 Å². The second kappa shape index (κ2) is 5.18. The van der Waals surface area contributed by atoms with Gasteiger partial charge in [0.25, 0.3) is 0 Å². The van der Waals surface area contributed by atoms with E-state index < -0.39 is 0 Å². The summed E-state index contributed by atoms with van der Waals surface area (Å²) in [6, 6.07) is 0.337. The van der Waals surface area contributed by atoms with Gasteiger partial charge in [0, 0.05) is 18.4 Å². The molecule has 0 bridgehead atoms. The van der Waals surface area contributed by atoms with Crippen LogP contribution < -0.4 is 5.73 Å². The third-order valence-electron chi connectivity index (χ3n) is 2.82. The number of carbonyl (C=O) groups excluding carboxylic acids is 1. The summed E-state index contributed by atoms with van der Waals surface area (Å²) in [6.45, 7) is 3.62. The van der Waals surface area contributed by atoms with Crippen LogP contribution >= 0.6 is 0 Å². The second-order valence-electron chi connectivity index (χ2n) is 3.91. The number of Topliss-reactive ketones (excluding diaryl/α,β-unsaturated/α-hetero) is 1. The summed E-state index contributed by atoms with van der Waals surface area (Å²) in [7, 11) is 0. The van der Waals surface area contributed by atoms with Crippen LogP contribution in [-0.2, 0) is 4.79 Å². The first-order chi connectivity index (χ1) is 6.24. The molecule has 74 valence electrons. The van der Waals surface area contributed by atoms with Gasteiger partial charge < -0.3 is 5.73 Å². The molecule has 2 nitrogen and oxygen atoms in total. The maximum absolute atomic E-state index is 11.6. The Labute approximate surface area is 80.2 Å². The Morgan fingerprint density at radius 2 is 2.00 bits per heavy atom. The fourth-order valence-electron chi connectivity index (χ4n) is 1.89. The molecule has 0 atom stereocenters. The topological polar surface area (TPSA) is 43.1 Å². The summed E-state index contributed by atoms with van der Waals surface area (Å²) in [5.74, 6) is 0.701. The Morgan fingerprint density at radius 3 is 2.54 bits per heavy atom. The van der Waals surface area contributed by atoms with Crippen molar-refractivity contribution in [2.24, 2.45) is 11.7 Å². The molecule has 0 aliphatic heterocycles. The van der Waals surface area contributed by atoms with Crippen molar-refractivity contribution in [2.45, 2.75) is 44.6 Å². The standard InChI is InChI=1S/C11H19NO/c1-2-3-4-11(13)9-5-7-10(12)8-6-9/h2,9-10H,1,3-8,12H2. The normalized spacial score (nSPS) is 28.4. The summed E-state index contributed by atoms with van der Waals surface area (Å²) in [5.41, 5.74) is 5.77. The molecule has 1 aliphatic rings. The number of ketones is 1. The van der Waals surface area contributed by atoms with Crippen LogP contribution in [0.25, 0.3) is 0 Å². The fourth-order valence-corrected chi connectivity index (χ4v) is 1.89. The molecule has 0 aromatic carbocycles. The molecule has 1 saturated carbocycles. The molecule has 0 aromatic rings. The van der Waals surface area contributed by atoms with Crippen LogP contribution in [0.15, 0.2) is 12.7 Å². The number of hydrogen-bond donors (Lipinski definition) is 1. The van der Waals surface area contributed by atoms with Gasteiger partial charge in [-0.25, -0.2) is 0 Å². The summed E-state index contributed by atoms with van der Waals surface area (Å²) < 4.78 is 0. The van der Waals surface area contributed by atoms with Crippen molar-refractivity contribution in [1.29, 1.82) is 0 Å². The van der Waals surface area contributed by atoms with Crippen molar-refractivity contribution in [3.8, 4) is 0 Å². The minimum atomic E-state index is 0.291. The zero-order chi connectivity index (χ0) is 9.68. The number of carbonyl (C=O) groups is 1. The van der Waals surface area contributed by atoms with Gasteiger partial charge in [0.1, 0.15) is 5.78 Å². The highest BCUT2D eigenvalue weighted by Gasteiger charge is 2.23. The van der Waals surface area contributed by atoms with Crippen molar-refractivity contribution in [3.05, 3.63) is 12.7 Å². The van der Waals surface area contributed by atoms with E-state index in [9.17, 15) is 4.79 Å². The second-order valence-corrected chi connectivity index (χ2v) is 3.91. The van der Waals surface area contributed by atoms with E-state index in [-0.39, 0.29) is 0 Å². The van der Waals surface area contributed by atoms with Gasteiger partial charge in [0.05, 0.1) is 0 Å². The Morgan fingerprint density at radius 1 is 1.38 bits per heavy atom. The monoisotopic (exact) mass is 181 g/mol. The highest BCUT2D eigenvalue weighted by Crippen LogP contribution is 2.25. The third kappa shape index (κ3) is 3.31. The van der Waals surface area contributed by atoms with Crippen LogP contribution in [0.5, 0.6) is 0 Å². The van der Waals surface area contributed by atoms with Gasteiger partial charge >= 0.3 is 0 Å². The van der Waals surface area contributed by atoms with Crippen LogP contribution in [0.3, 0.4) is 0 Å². The fraction of sp³-hybridized carbons (Fsp3) is 0.727. The predicted molar refractivity (Wildman–Crippen MR) is 54.4 cm³/mol. The first-order valence-corrected chi connectivity index (χ1v) is 5.13. The zero-order valence-corrected chi connectivity index (χ0v) is 8.17. The van der Waals surface area contributed by atoms with Gasteiger partial charge in [-0.2, -0.15) is 0 Å². The molecule has 2 heteroatoms. The quantitative estimate of drug-likeness (QED) is 0.674. The average Bonchev–Trinajstić information content (AvgIpc) is 2.15. The molecule has 0 aromatic heterocycles. The maximum atomic E-state index is 11.6. The third-order valence-corrected chi connectivity index (χ3v) is 2.82. The van der Waals surface area contributed by atoms with E-state index in [0.29, 0.717) is 24.2 Å². The molecule has 13 heavy (non-hydrogen) atoms. The van der Waals surface area contributed by atoms with Crippen molar-refractivity contribution >= 4 is 5.78 Å². The molecule has 2 N–H and O–H groups in total. The molecule has 0 amide bonds. The van der Waals surface area contributed by atoms with E-state index in [1.165, 1.54) is 0 Å². The van der Waals surface area contributed by atoms with E-state index in [2.05, 4.69) is 6.58 Å². The van der Waals surface area contributed by atoms with Crippen LogP contribution in [0.4, 0.5) is 0 Å². The van der Waals surface area contributed by atoms with Crippen molar-refractivity contribution in [3.63, 3.8) is 0 Å². The molecule has 0 radical (unpaired) electrons. The van der Waals surface area contributed by atoms with Crippen molar-refractivity contribution < 1.29 is 4.79 Å². The van der Waals surface area contributed by atoms with Gasteiger partial charge in [-0.1, -0.05) is 6.08 Å². The van der Waals surface area contributed by atoms with Crippen LogP contribution in [0, 0.1) is 5.92 Å². The Balaban J connectivity index is 2.27. The SMILES string of the molecule is C=CCCC(=O)C1CCC(N)CC1. The minimum absolute atomic E-state index is 0.291. The molecule has 0 saturated heterocycles. The zero-order valence-electron chi connectivity index (χ0n) is 8.17. The van der Waals surface area contributed by atoms with E-state index in [0.717, 1.165) is 32.1 Å². The van der Waals surface area contributed by atoms with Crippen LogP contribution in [0.1, 0.15) is 38.5 Å². The highest BCUT2D eigenvalue weighted by molar-refractivity contribution is 5.81. The molecule has 1 aliphatic carbocycles. The largest absolute Gasteiger partial charge is 0.328 e. The average molecular weight is 181 g/mol. The van der Waals surface area contributed by atoms with Gasteiger partial charge in [-0.05, 0) is 32.1 Å². The number of rotatable bonds is 4. The highest BCUT2D eigenvalue weighted by atomic mass is 16.1. The lowest BCUT2D eigenvalue weighted by molar-refractivity contribution is -0.123. The van der Waals surface area contributed by atoms with Crippen LogP contribution in [-0.4, -0.2) is 11.8 Å². The first-order valence-electron chi connectivity index (χ1n) is 5.13. The molecule has 0 spiro atoms. The van der Waals surface area contributed by atoms with Crippen LogP contribution in [0.2, 0.25) is 0 Å². The molecule has 1 rings (SSSR count). The Hall–Kier alpha value is -0.630. The first kappa shape index (κ1) is 10.5. The molecular weight excluding hydrogens is 162 g/mol. The van der Waals surface area contributed by atoms with Gasteiger partial charge in [-0.3, -0.25) is 4.79 Å². The lowest BCUT2D eigenvalue weighted by Crippen LogP contribution is -2.29. The van der Waals surface area contributed by atoms with E-state index >= 15 is 0 Å². The van der Waals surface area contributed by atoms with Crippen molar-refractivity contribution in [1.82, 2.24) is 0 Å². The lowest BCUT2D eigenvalue weighted by atomic mass is 9.83. The minimum Gasteiger partial charge on any atom is -0.328 e. The lowest BCUT2D eigenvalue weighted by Gasteiger charge is -2.24. The van der Waals surface area contributed by atoms with E-state index in [4.69, 9.17) is 5.73 Å². The molecular formula is C11H19NO. The predicted octanol–water partition coefficient (Wildman–Crippen LogP) is 2.04. The number of nitrogens with two attached hydrogens (primary N) is 1. The number of hydrogen-bond acceptors (Lipinski definition) is 2. The summed E-state index contributed by atoms with van der Waals surface area (Å²) in [5, 5.41) is 0. The van der Waals surface area contributed by atoms with Gasteiger partial charge in [-0.15, -0.1) is 6.58 Å². The van der Waals surface area contributed by atoms with Crippen molar-refractivity contribution in [2.75, 3.05) is 0 Å². The van der Waals surface area contributed by atoms with E-state index in [1.54, 1.807) is 0 Å². The Bertz CT molecular complexity index is 181. The Kier molecular flexibility index (Phi) is 4.16. The van der Waals surface area contributed by atoms with Gasteiger partial charge in [0.15, 0.2) is 0 Å². The maximum Gasteiger partial charge on any atom is 0.136 e. The smallest absolute Gasteiger partial charge is 0.136 e. The number of allylic oxidation sites excluding steroid dienone is 1. The summed E-state index contributed by atoms with van der Waals surface area (Å²) >= 11 is 0.